The minimum absolute atomic E-state index is 0.230. The van der Waals surface area contributed by atoms with Crippen LogP contribution in [-0.2, 0) is 9.47 Å². The monoisotopic (exact) mass is 356 g/mol. The van der Waals surface area contributed by atoms with Crippen LogP contribution in [-0.4, -0.2) is 68.0 Å². The van der Waals surface area contributed by atoms with Crippen LogP contribution in [0.2, 0.25) is 0 Å². The predicted octanol–water partition coefficient (Wildman–Crippen LogP) is 2.37. The topological polar surface area (TPSA) is 75.2 Å². The molecule has 0 aromatic heterocycles. The Labute approximate surface area is 152 Å². The van der Waals surface area contributed by atoms with Crippen molar-refractivity contribution in [2.24, 2.45) is 4.99 Å². The number of nitrogens with one attached hydrogen (secondary N) is 2. The lowest BCUT2D eigenvalue weighted by atomic mass is 10.2. The average molecular weight is 357 g/mol. The molecule has 0 saturated carbocycles. The number of carbonyl (C=O) groups is 1. The summed E-state index contributed by atoms with van der Waals surface area (Å²) in [5.74, 6) is 0.763. The number of ether oxygens (including phenoxy) is 2. The molecule has 25 heavy (non-hydrogen) atoms. The van der Waals surface area contributed by atoms with Crippen LogP contribution in [0.4, 0.5) is 4.79 Å². The predicted molar refractivity (Wildman–Crippen MR) is 101 cm³/mol. The fourth-order valence-corrected chi connectivity index (χ4v) is 2.52. The van der Waals surface area contributed by atoms with Crippen molar-refractivity contribution in [3.05, 3.63) is 0 Å². The second kappa shape index (κ2) is 11.2. The summed E-state index contributed by atoms with van der Waals surface area (Å²) in [6.45, 7) is 13.9. The van der Waals surface area contributed by atoms with E-state index < -0.39 is 5.60 Å². The van der Waals surface area contributed by atoms with Crippen molar-refractivity contribution in [2.75, 3.05) is 39.3 Å². The van der Waals surface area contributed by atoms with Gasteiger partial charge in [-0.25, -0.2) is 4.79 Å². The molecule has 1 aliphatic heterocycles. The van der Waals surface area contributed by atoms with Crippen LogP contribution in [0, 0.1) is 0 Å². The Morgan fingerprint density at radius 1 is 1.28 bits per heavy atom. The smallest absolute Gasteiger partial charge is 0.410 e. The first-order valence-electron chi connectivity index (χ1n) is 9.47. The molecule has 1 aliphatic rings. The molecule has 1 saturated heterocycles. The van der Waals surface area contributed by atoms with Crippen molar-refractivity contribution < 1.29 is 14.3 Å². The van der Waals surface area contributed by atoms with Gasteiger partial charge < -0.3 is 25.0 Å². The lowest BCUT2D eigenvalue weighted by Crippen LogP contribution is -2.44. The van der Waals surface area contributed by atoms with Gasteiger partial charge in [0.15, 0.2) is 5.96 Å². The zero-order valence-corrected chi connectivity index (χ0v) is 16.6. The van der Waals surface area contributed by atoms with E-state index in [2.05, 4.69) is 22.5 Å². The van der Waals surface area contributed by atoms with Crippen molar-refractivity contribution in [2.45, 2.75) is 65.6 Å². The van der Waals surface area contributed by atoms with E-state index in [0.717, 1.165) is 38.4 Å². The van der Waals surface area contributed by atoms with Crippen LogP contribution in [0.5, 0.6) is 0 Å². The number of carbonyl (C=O) groups excluding carboxylic acids is 1. The second-order valence-electron chi connectivity index (χ2n) is 7.25. The standard InChI is InChI=1S/C18H36N4O3/c1-6-11-22(17(23)25-18(3,4)5)12-10-20-16(19-7-2)21-14-15-9-8-13-24-15/h15H,6-14H2,1-5H3,(H2,19,20,21). The van der Waals surface area contributed by atoms with Gasteiger partial charge in [0.25, 0.3) is 0 Å². The molecule has 1 fully saturated rings. The van der Waals surface area contributed by atoms with E-state index in [0.29, 0.717) is 26.2 Å². The van der Waals surface area contributed by atoms with Gasteiger partial charge in [0.2, 0.25) is 0 Å². The lowest BCUT2D eigenvalue weighted by Gasteiger charge is -2.27. The largest absolute Gasteiger partial charge is 0.444 e. The first kappa shape index (κ1) is 21.5. The van der Waals surface area contributed by atoms with Gasteiger partial charge in [-0.1, -0.05) is 6.92 Å². The molecular formula is C18H36N4O3. The van der Waals surface area contributed by atoms with E-state index in [1.54, 1.807) is 4.90 Å². The van der Waals surface area contributed by atoms with Crippen molar-refractivity contribution >= 4 is 12.1 Å². The Kier molecular flexibility index (Phi) is 9.63. The van der Waals surface area contributed by atoms with E-state index in [4.69, 9.17) is 9.47 Å². The van der Waals surface area contributed by atoms with E-state index >= 15 is 0 Å². The first-order valence-corrected chi connectivity index (χ1v) is 9.47. The normalized spacial score (nSPS) is 18.1. The summed E-state index contributed by atoms with van der Waals surface area (Å²) in [4.78, 5) is 18.6. The van der Waals surface area contributed by atoms with E-state index in [9.17, 15) is 4.79 Å². The molecule has 7 nitrogen and oxygen atoms in total. The highest BCUT2D eigenvalue weighted by Gasteiger charge is 2.21. The molecule has 0 aromatic carbocycles. The molecule has 2 N–H and O–H groups in total. The Morgan fingerprint density at radius 2 is 2.04 bits per heavy atom. The Bertz CT molecular complexity index is 415. The fourth-order valence-electron chi connectivity index (χ4n) is 2.52. The third kappa shape index (κ3) is 9.53. The van der Waals surface area contributed by atoms with Crippen molar-refractivity contribution in [3.63, 3.8) is 0 Å². The Balaban J connectivity index is 2.46. The minimum atomic E-state index is -0.478. The molecule has 0 radical (unpaired) electrons. The summed E-state index contributed by atoms with van der Waals surface area (Å²) in [7, 11) is 0. The number of rotatable bonds is 8. The molecule has 0 aliphatic carbocycles. The SMILES string of the molecule is CCCN(CCNC(=NCC1CCCO1)NCC)C(=O)OC(C)(C)C. The van der Waals surface area contributed by atoms with Gasteiger partial charge >= 0.3 is 6.09 Å². The molecule has 1 atom stereocenters. The summed E-state index contributed by atoms with van der Waals surface area (Å²) < 4.78 is 11.1. The highest BCUT2D eigenvalue weighted by Crippen LogP contribution is 2.12. The molecule has 1 heterocycles. The number of guanidine groups is 1. The fraction of sp³-hybridized carbons (Fsp3) is 0.889. The van der Waals surface area contributed by atoms with Crippen LogP contribution in [0.15, 0.2) is 4.99 Å². The quantitative estimate of drug-likeness (QED) is 0.516. The molecule has 1 rings (SSSR count). The van der Waals surface area contributed by atoms with Crippen molar-refractivity contribution in [3.8, 4) is 0 Å². The zero-order valence-electron chi connectivity index (χ0n) is 16.6. The van der Waals surface area contributed by atoms with Gasteiger partial charge in [-0.05, 0) is 47.0 Å². The van der Waals surface area contributed by atoms with Crippen LogP contribution < -0.4 is 10.6 Å². The van der Waals surface area contributed by atoms with Gasteiger partial charge in [0.1, 0.15) is 5.60 Å². The maximum Gasteiger partial charge on any atom is 0.410 e. The third-order valence-electron chi connectivity index (χ3n) is 3.64. The van der Waals surface area contributed by atoms with Gasteiger partial charge in [0.05, 0.1) is 12.6 Å². The Hall–Kier alpha value is -1.50. The van der Waals surface area contributed by atoms with E-state index in [1.165, 1.54) is 0 Å². The van der Waals surface area contributed by atoms with Crippen LogP contribution in [0.3, 0.4) is 0 Å². The maximum absolute atomic E-state index is 12.3. The van der Waals surface area contributed by atoms with Crippen LogP contribution in [0.25, 0.3) is 0 Å². The summed E-state index contributed by atoms with van der Waals surface area (Å²) in [5, 5.41) is 6.51. The first-order chi connectivity index (χ1) is 11.9. The Morgan fingerprint density at radius 3 is 2.60 bits per heavy atom. The van der Waals surface area contributed by atoms with E-state index in [1.807, 2.05) is 27.7 Å². The molecule has 0 spiro atoms. The highest BCUT2D eigenvalue weighted by molar-refractivity contribution is 5.79. The zero-order chi connectivity index (χ0) is 18.7. The number of nitrogens with zero attached hydrogens (tertiary/aromatic N) is 2. The van der Waals surface area contributed by atoms with Crippen molar-refractivity contribution in [1.29, 1.82) is 0 Å². The molecule has 0 bridgehead atoms. The van der Waals surface area contributed by atoms with E-state index in [-0.39, 0.29) is 12.2 Å². The molecule has 0 aromatic rings. The average Bonchev–Trinajstić information content (AvgIpc) is 3.03. The molecular weight excluding hydrogens is 320 g/mol. The molecule has 1 unspecified atom stereocenters. The van der Waals surface area contributed by atoms with Gasteiger partial charge in [-0.15, -0.1) is 0 Å². The van der Waals surface area contributed by atoms with Crippen molar-refractivity contribution in [1.82, 2.24) is 15.5 Å². The summed E-state index contributed by atoms with van der Waals surface area (Å²) in [6, 6.07) is 0. The molecule has 7 heteroatoms. The lowest BCUT2D eigenvalue weighted by molar-refractivity contribution is 0.0253. The minimum Gasteiger partial charge on any atom is -0.444 e. The maximum atomic E-state index is 12.3. The number of aliphatic imine (C=N–C) groups is 1. The van der Waals surface area contributed by atoms with Gasteiger partial charge in [0, 0.05) is 32.8 Å². The third-order valence-corrected chi connectivity index (χ3v) is 3.64. The number of hydrogen-bond acceptors (Lipinski definition) is 4. The highest BCUT2D eigenvalue weighted by atomic mass is 16.6. The van der Waals surface area contributed by atoms with Crippen LogP contribution in [0.1, 0.15) is 53.9 Å². The second-order valence-corrected chi connectivity index (χ2v) is 7.25. The number of hydrogen-bond donors (Lipinski definition) is 2. The summed E-state index contributed by atoms with van der Waals surface area (Å²) in [6.07, 6.45) is 3.05. The van der Waals surface area contributed by atoms with Crippen LogP contribution >= 0.6 is 0 Å². The molecule has 1 amide bonds. The van der Waals surface area contributed by atoms with Gasteiger partial charge in [-0.2, -0.15) is 0 Å². The summed E-state index contributed by atoms with van der Waals surface area (Å²) >= 11 is 0. The molecule has 146 valence electrons. The van der Waals surface area contributed by atoms with Gasteiger partial charge in [-0.3, -0.25) is 4.99 Å². The number of amides is 1. The summed E-state index contributed by atoms with van der Waals surface area (Å²) in [5.41, 5.74) is -0.478.